The summed E-state index contributed by atoms with van der Waals surface area (Å²) >= 11 is 0. The summed E-state index contributed by atoms with van der Waals surface area (Å²) in [7, 11) is -4.93. The van der Waals surface area contributed by atoms with Crippen molar-refractivity contribution in [2.75, 3.05) is 0 Å². The molecule has 0 aromatic heterocycles. The van der Waals surface area contributed by atoms with E-state index in [1.165, 1.54) is 31.2 Å². The molecule has 0 bridgehead atoms. The first-order valence-corrected chi connectivity index (χ1v) is 11.1. The van der Waals surface area contributed by atoms with E-state index in [1.54, 1.807) is 13.0 Å². The maximum atomic E-state index is 14.1. The fraction of sp³-hybridized carbons (Fsp3) is 0.350. The molecule has 0 saturated carbocycles. The Morgan fingerprint density at radius 3 is 2.00 bits per heavy atom. The van der Waals surface area contributed by atoms with Crippen molar-refractivity contribution in [3.63, 3.8) is 0 Å². The van der Waals surface area contributed by atoms with Crippen LogP contribution in [0.25, 0.3) is 0 Å². The highest BCUT2D eigenvalue weighted by Crippen LogP contribution is 2.47. The fourth-order valence-corrected chi connectivity index (χ4v) is 4.05. The van der Waals surface area contributed by atoms with Gasteiger partial charge in [-0.3, -0.25) is 4.79 Å². The lowest BCUT2D eigenvalue weighted by Crippen LogP contribution is -2.37. The molecule has 1 N–H and O–H groups in total. The topological polar surface area (TPSA) is 73.9 Å². The summed E-state index contributed by atoms with van der Waals surface area (Å²) in [5.41, 5.74) is 0. The number of hydrogen-bond acceptors (Lipinski definition) is 5. The van der Waals surface area contributed by atoms with Crippen LogP contribution in [-0.4, -0.2) is 18.1 Å². The van der Waals surface area contributed by atoms with E-state index in [9.17, 15) is 31.3 Å². The number of benzene rings is 2. The van der Waals surface area contributed by atoms with Gasteiger partial charge in [0.25, 0.3) is 0 Å². The molecule has 2 rings (SSSR count). The monoisotopic (exact) mass is 481 g/mol. The Labute approximate surface area is 181 Å². The Balaban J connectivity index is 2.39. The zero-order valence-electron chi connectivity index (χ0n) is 17.3. The normalized spacial score (nSPS) is 14.9. The van der Waals surface area contributed by atoms with E-state index >= 15 is 0 Å². The number of halogens is 5. The van der Waals surface area contributed by atoms with Crippen LogP contribution in [0.5, 0.6) is 11.5 Å². The van der Waals surface area contributed by atoms with Crippen molar-refractivity contribution >= 4 is 13.7 Å². The Morgan fingerprint density at radius 1 is 0.938 bits per heavy atom. The zero-order valence-corrected chi connectivity index (χ0v) is 18.2. The maximum Gasteiger partial charge on any atom is 0.513 e. The molecule has 12 heteroatoms. The molecular weight excluding hydrogens is 460 g/mol. The predicted molar refractivity (Wildman–Crippen MR) is 105 cm³/mol. The van der Waals surface area contributed by atoms with Crippen molar-refractivity contribution < 1.29 is 45.1 Å². The highest BCUT2D eigenvalue weighted by molar-refractivity contribution is 7.52. The Morgan fingerprint density at radius 2 is 1.47 bits per heavy atom. The lowest BCUT2D eigenvalue weighted by atomic mass is 10.2. The van der Waals surface area contributed by atoms with Gasteiger partial charge in [-0.2, -0.15) is 13.9 Å². The largest absolute Gasteiger partial charge is 0.513 e. The summed E-state index contributed by atoms with van der Waals surface area (Å²) in [6.07, 6.45) is 0.773. The molecule has 0 aliphatic rings. The first-order valence-electron chi connectivity index (χ1n) is 9.53. The number of rotatable bonds is 10. The highest BCUT2D eigenvalue weighted by atomic mass is 31.2. The van der Waals surface area contributed by atoms with Gasteiger partial charge in [-0.1, -0.05) is 31.5 Å². The molecule has 0 amide bonds. The molecule has 0 fully saturated rings. The van der Waals surface area contributed by atoms with E-state index in [0.717, 1.165) is 6.42 Å². The van der Waals surface area contributed by atoms with Crippen molar-refractivity contribution in [1.29, 1.82) is 0 Å². The van der Waals surface area contributed by atoms with E-state index in [2.05, 4.69) is 9.61 Å². The summed E-state index contributed by atoms with van der Waals surface area (Å²) in [4.78, 5) is 12.3. The molecule has 2 aromatic rings. The van der Waals surface area contributed by atoms with Gasteiger partial charge in [-0.05, 0) is 32.4 Å². The third-order valence-electron chi connectivity index (χ3n) is 4.07. The molecule has 0 saturated heterocycles. The van der Waals surface area contributed by atoms with Crippen LogP contribution < -0.4 is 14.1 Å². The van der Waals surface area contributed by atoms with Gasteiger partial charge in [0, 0.05) is 0 Å². The molecule has 0 radical (unpaired) electrons. The molecule has 6 nitrogen and oxygen atoms in total. The summed E-state index contributed by atoms with van der Waals surface area (Å²) in [6.45, 7) is 4.69. The van der Waals surface area contributed by atoms with Crippen LogP contribution in [0.3, 0.4) is 0 Å². The van der Waals surface area contributed by atoms with Crippen molar-refractivity contribution in [1.82, 2.24) is 5.09 Å². The highest BCUT2D eigenvalue weighted by Gasteiger charge is 2.38. The Kier molecular flexibility index (Phi) is 8.63. The van der Waals surface area contributed by atoms with Crippen molar-refractivity contribution in [2.24, 2.45) is 0 Å². The van der Waals surface area contributed by atoms with Crippen LogP contribution in [0.15, 0.2) is 30.3 Å². The SMILES string of the molecule is CCC[C@H](C)OC(=O)[C@H](C)N[P@](=O)(Oc1ccccc1)Oc1c(F)c(F)c(F)c(F)c1F. The molecule has 0 aliphatic heterocycles. The quantitative estimate of drug-likeness (QED) is 0.155. The number of carbonyl (C=O) groups is 1. The summed E-state index contributed by atoms with van der Waals surface area (Å²) in [5.74, 6) is -14.6. The molecule has 3 atom stereocenters. The third kappa shape index (κ3) is 6.20. The molecule has 2 aromatic carbocycles. The van der Waals surface area contributed by atoms with Crippen molar-refractivity contribution in [3.8, 4) is 11.5 Å². The number of para-hydroxylation sites is 1. The second-order valence-corrected chi connectivity index (χ2v) is 8.40. The fourth-order valence-electron chi connectivity index (χ4n) is 2.53. The first-order chi connectivity index (χ1) is 15.0. The average Bonchev–Trinajstić information content (AvgIpc) is 2.74. The van der Waals surface area contributed by atoms with Gasteiger partial charge in [0.2, 0.25) is 34.8 Å². The number of nitrogens with one attached hydrogen (secondary N) is 1. The lowest BCUT2D eigenvalue weighted by molar-refractivity contribution is -0.150. The average molecular weight is 481 g/mol. The minimum atomic E-state index is -4.93. The maximum absolute atomic E-state index is 14.1. The standard InChI is InChI=1S/C20H21F5NO5P/c1-4-8-11(2)29-20(27)12(3)26-32(28,30-13-9-6-5-7-10-13)31-19-17(24)15(22)14(21)16(23)18(19)25/h5-7,9-12H,4,8H2,1-3H3,(H,26,28)/t11-,12-,32-/m0/s1. The Hall–Kier alpha value is -2.65. The van der Waals surface area contributed by atoms with Crippen LogP contribution >= 0.6 is 7.75 Å². The van der Waals surface area contributed by atoms with Crippen LogP contribution in [0.4, 0.5) is 22.0 Å². The third-order valence-corrected chi connectivity index (χ3v) is 5.65. The predicted octanol–water partition coefficient (Wildman–Crippen LogP) is 5.66. The molecule has 0 heterocycles. The van der Waals surface area contributed by atoms with Crippen LogP contribution in [0, 0.1) is 29.1 Å². The number of carbonyl (C=O) groups excluding carboxylic acids is 1. The van der Waals surface area contributed by atoms with Gasteiger partial charge in [0.15, 0.2) is 0 Å². The minimum Gasteiger partial charge on any atom is -0.462 e. The summed E-state index contributed by atoms with van der Waals surface area (Å²) in [5, 5.41) is 2.11. The second-order valence-electron chi connectivity index (χ2n) is 6.78. The van der Waals surface area contributed by atoms with Crippen molar-refractivity contribution in [3.05, 3.63) is 59.4 Å². The van der Waals surface area contributed by atoms with Gasteiger partial charge < -0.3 is 13.8 Å². The summed E-state index contributed by atoms with van der Waals surface area (Å²) in [6, 6.07) is 5.69. The summed E-state index contributed by atoms with van der Waals surface area (Å²) < 4.78 is 96.8. The van der Waals surface area contributed by atoms with E-state index in [1.807, 2.05) is 6.92 Å². The molecule has 0 spiro atoms. The number of hydrogen-bond donors (Lipinski definition) is 1. The van der Waals surface area contributed by atoms with Crippen LogP contribution in [0.1, 0.15) is 33.6 Å². The first kappa shape index (κ1) is 25.6. The van der Waals surface area contributed by atoms with Crippen LogP contribution in [0.2, 0.25) is 0 Å². The molecule has 32 heavy (non-hydrogen) atoms. The van der Waals surface area contributed by atoms with E-state index in [-0.39, 0.29) is 5.75 Å². The van der Waals surface area contributed by atoms with Gasteiger partial charge in [0.05, 0.1) is 6.10 Å². The smallest absolute Gasteiger partial charge is 0.462 e. The van der Waals surface area contributed by atoms with E-state index < -0.39 is 60.7 Å². The molecule has 176 valence electrons. The molecule has 0 aliphatic carbocycles. The zero-order chi connectivity index (χ0) is 24.1. The molecular formula is C20H21F5NO5P. The van der Waals surface area contributed by atoms with E-state index in [4.69, 9.17) is 9.26 Å². The van der Waals surface area contributed by atoms with E-state index in [0.29, 0.717) is 6.42 Å². The second kappa shape index (κ2) is 10.8. The van der Waals surface area contributed by atoms with Gasteiger partial charge in [0.1, 0.15) is 11.8 Å². The number of esters is 1. The number of ether oxygens (including phenoxy) is 1. The van der Waals surface area contributed by atoms with Gasteiger partial charge in [-0.15, -0.1) is 0 Å². The Bertz CT molecular complexity index is 979. The minimum absolute atomic E-state index is 0.132. The van der Waals surface area contributed by atoms with Crippen molar-refractivity contribution in [2.45, 2.75) is 45.8 Å². The van der Waals surface area contributed by atoms with Gasteiger partial charge in [-0.25, -0.2) is 17.7 Å². The van der Waals surface area contributed by atoms with Gasteiger partial charge >= 0.3 is 13.7 Å². The lowest BCUT2D eigenvalue weighted by Gasteiger charge is -2.24. The molecule has 0 unspecified atom stereocenters. The van der Waals surface area contributed by atoms with Crippen LogP contribution in [-0.2, 0) is 14.1 Å².